The largest absolute Gasteiger partial charge is 0.506 e. The molecule has 2 heterocycles. The van der Waals surface area contributed by atoms with E-state index >= 15 is 0 Å². The van der Waals surface area contributed by atoms with E-state index in [2.05, 4.69) is 0 Å². The third-order valence-corrected chi connectivity index (χ3v) is 6.59. The highest BCUT2D eigenvalue weighted by molar-refractivity contribution is 6.62. The fourth-order valence-corrected chi connectivity index (χ4v) is 4.76. The van der Waals surface area contributed by atoms with Gasteiger partial charge in [0, 0.05) is 21.3 Å². The number of rotatable bonds is 8. The summed E-state index contributed by atoms with van der Waals surface area (Å²) < 4.78 is 27.2. The highest BCUT2D eigenvalue weighted by Crippen LogP contribution is 2.40. The van der Waals surface area contributed by atoms with Gasteiger partial charge in [-0.25, -0.2) is 0 Å². The Bertz CT molecular complexity index is 217. The van der Waals surface area contributed by atoms with Crippen molar-refractivity contribution in [2.45, 2.75) is 30.6 Å². The molecule has 0 radical (unpaired) electrons. The Morgan fingerprint density at radius 1 is 1.12 bits per heavy atom. The van der Waals surface area contributed by atoms with Crippen molar-refractivity contribution in [1.29, 1.82) is 0 Å². The molecule has 0 aromatic rings. The van der Waals surface area contributed by atoms with Crippen LogP contribution in [0.5, 0.6) is 0 Å². The van der Waals surface area contributed by atoms with Crippen LogP contribution in [0.3, 0.4) is 0 Å². The highest BCUT2D eigenvalue weighted by Gasteiger charge is 2.55. The van der Waals surface area contributed by atoms with Gasteiger partial charge in [0.15, 0.2) is 0 Å². The molecule has 6 heteroatoms. The van der Waals surface area contributed by atoms with E-state index in [0.717, 1.165) is 26.1 Å². The number of hydrogen-bond acceptors (Lipinski definition) is 5. The highest BCUT2D eigenvalue weighted by atomic mass is 28.4. The van der Waals surface area contributed by atoms with E-state index in [0.29, 0.717) is 6.10 Å². The minimum Gasteiger partial charge on any atom is -0.377 e. The van der Waals surface area contributed by atoms with Gasteiger partial charge in [0.2, 0.25) is 0 Å². The van der Waals surface area contributed by atoms with E-state index < -0.39 is 8.80 Å². The molecule has 2 fully saturated rings. The first-order valence-corrected chi connectivity index (χ1v) is 7.44. The zero-order valence-corrected chi connectivity index (χ0v) is 11.1. The first-order valence-electron chi connectivity index (χ1n) is 5.64. The molecule has 0 saturated carbocycles. The van der Waals surface area contributed by atoms with E-state index in [1.54, 1.807) is 21.3 Å². The first kappa shape index (κ1) is 12.5. The Balaban J connectivity index is 1.96. The van der Waals surface area contributed by atoms with Gasteiger partial charge in [-0.1, -0.05) is 0 Å². The van der Waals surface area contributed by atoms with Crippen LogP contribution in [0.15, 0.2) is 0 Å². The summed E-state index contributed by atoms with van der Waals surface area (Å²) in [5.74, 6) is 0. The lowest BCUT2D eigenvalue weighted by molar-refractivity contribution is 0.103. The summed E-state index contributed by atoms with van der Waals surface area (Å²) in [5.41, 5.74) is 0.233. The van der Waals surface area contributed by atoms with Crippen molar-refractivity contribution in [1.82, 2.24) is 0 Å². The van der Waals surface area contributed by atoms with Gasteiger partial charge in [0.1, 0.15) is 0 Å². The summed E-state index contributed by atoms with van der Waals surface area (Å²) in [7, 11) is 2.40. The molecule has 0 bridgehead atoms. The fraction of sp³-hybridized carbons (Fsp3) is 1.00. The molecule has 0 spiro atoms. The summed E-state index contributed by atoms with van der Waals surface area (Å²) in [4.78, 5) is 0. The van der Waals surface area contributed by atoms with Gasteiger partial charge in [-0.3, -0.25) is 0 Å². The molecule has 0 N–H and O–H groups in total. The van der Waals surface area contributed by atoms with Crippen molar-refractivity contribution >= 4 is 8.80 Å². The Kier molecular flexibility index (Phi) is 3.99. The lowest BCUT2D eigenvalue weighted by Crippen LogP contribution is -2.49. The second-order valence-electron chi connectivity index (χ2n) is 4.23. The number of epoxide rings is 2. The molecule has 0 amide bonds. The van der Waals surface area contributed by atoms with Crippen molar-refractivity contribution in [3.8, 4) is 0 Å². The van der Waals surface area contributed by atoms with Crippen molar-refractivity contribution in [2.75, 3.05) is 34.5 Å². The second kappa shape index (κ2) is 5.12. The summed E-state index contributed by atoms with van der Waals surface area (Å²) in [6.45, 7) is 1.68. The van der Waals surface area contributed by atoms with Gasteiger partial charge >= 0.3 is 8.80 Å². The third kappa shape index (κ3) is 2.64. The molecule has 2 rings (SSSR count). The summed E-state index contributed by atoms with van der Waals surface area (Å²) >= 11 is 0. The van der Waals surface area contributed by atoms with E-state index in [1.165, 1.54) is 0 Å². The smallest absolute Gasteiger partial charge is 0.377 e. The topological polar surface area (TPSA) is 52.8 Å². The maximum atomic E-state index is 5.53. The average Bonchev–Trinajstić information content (AvgIpc) is 3.18. The third-order valence-electron chi connectivity index (χ3n) is 3.32. The van der Waals surface area contributed by atoms with Crippen LogP contribution < -0.4 is 0 Å². The van der Waals surface area contributed by atoms with Crippen LogP contribution >= 0.6 is 0 Å². The molecule has 3 unspecified atom stereocenters. The van der Waals surface area contributed by atoms with Gasteiger partial charge in [-0.15, -0.1) is 0 Å². The maximum Gasteiger partial charge on any atom is 0.506 e. The lowest BCUT2D eigenvalue weighted by atomic mass is 10.1. The van der Waals surface area contributed by atoms with Crippen molar-refractivity contribution in [3.63, 3.8) is 0 Å². The molecule has 94 valence electrons. The molecular weight excluding hydrogens is 228 g/mol. The molecule has 2 saturated heterocycles. The Hall–Kier alpha value is 0.0169. The van der Waals surface area contributed by atoms with Crippen molar-refractivity contribution in [2.24, 2.45) is 0 Å². The Morgan fingerprint density at radius 2 is 1.69 bits per heavy atom. The monoisotopic (exact) mass is 248 g/mol. The Morgan fingerprint density at radius 3 is 2.06 bits per heavy atom. The molecule has 5 nitrogen and oxygen atoms in total. The summed E-state index contributed by atoms with van der Waals surface area (Å²) in [6.07, 6.45) is 2.69. The SMILES string of the molecule is CO[Si](OC)(OC)C(CCC1CO1)C1CO1. The molecule has 3 atom stereocenters. The molecule has 0 aromatic heterocycles. The van der Waals surface area contributed by atoms with E-state index in [4.69, 9.17) is 22.8 Å². The normalized spacial score (nSPS) is 30.2. The van der Waals surface area contributed by atoms with Crippen LogP contribution in [0, 0.1) is 0 Å². The van der Waals surface area contributed by atoms with Crippen LogP contribution in [0.4, 0.5) is 0 Å². The predicted octanol–water partition coefficient (Wildman–Crippen LogP) is 0.812. The molecule has 2 aliphatic rings. The van der Waals surface area contributed by atoms with Gasteiger partial charge in [0.05, 0.1) is 31.0 Å². The molecule has 0 aliphatic carbocycles. The molecule has 2 aliphatic heterocycles. The van der Waals surface area contributed by atoms with Crippen LogP contribution in [0.2, 0.25) is 5.54 Å². The zero-order valence-electron chi connectivity index (χ0n) is 10.1. The van der Waals surface area contributed by atoms with Gasteiger partial charge < -0.3 is 22.8 Å². The molecule has 0 aromatic carbocycles. The van der Waals surface area contributed by atoms with Gasteiger partial charge in [-0.2, -0.15) is 0 Å². The quantitative estimate of drug-likeness (QED) is 0.470. The van der Waals surface area contributed by atoms with Crippen molar-refractivity contribution in [3.05, 3.63) is 0 Å². The van der Waals surface area contributed by atoms with E-state index in [-0.39, 0.29) is 11.6 Å². The predicted molar refractivity (Wildman–Crippen MR) is 59.2 cm³/mol. The second-order valence-corrected chi connectivity index (χ2v) is 7.40. The number of hydrogen-bond donors (Lipinski definition) is 0. The van der Waals surface area contributed by atoms with Gasteiger partial charge in [0.25, 0.3) is 0 Å². The van der Waals surface area contributed by atoms with E-state index in [1.807, 2.05) is 0 Å². The molecular formula is C10H20O5Si. The summed E-state index contributed by atoms with van der Waals surface area (Å²) in [5, 5.41) is 0. The summed E-state index contributed by atoms with van der Waals surface area (Å²) in [6, 6.07) is 0. The van der Waals surface area contributed by atoms with Crippen LogP contribution in [-0.4, -0.2) is 55.6 Å². The fourth-order valence-electron chi connectivity index (χ4n) is 2.18. The van der Waals surface area contributed by atoms with Crippen molar-refractivity contribution < 1.29 is 22.8 Å². The molecule has 16 heavy (non-hydrogen) atoms. The van der Waals surface area contributed by atoms with Crippen LogP contribution in [-0.2, 0) is 22.8 Å². The first-order chi connectivity index (χ1) is 7.75. The van der Waals surface area contributed by atoms with Crippen LogP contribution in [0.25, 0.3) is 0 Å². The van der Waals surface area contributed by atoms with Gasteiger partial charge in [-0.05, 0) is 12.8 Å². The van der Waals surface area contributed by atoms with Crippen LogP contribution in [0.1, 0.15) is 12.8 Å². The number of ether oxygens (including phenoxy) is 2. The standard InChI is InChI=1S/C10H20O5Si/c1-11-16(12-2,13-3)10(9-7-15-9)5-4-8-6-14-8/h8-10H,4-7H2,1-3H3. The minimum absolute atomic E-state index is 0.233. The average molecular weight is 248 g/mol. The van der Waals surface area contributed by atoms with E-state index in [9.17, 15) is 0 Å². The Labute approximate surface area is 97.3 Å². The lowest BCUT2D eigenvalue weighted by Gasteiger charge is -2.31. The maximum absolute atomic E-state index is 5.53. The zero-order chi connectivity index (χ0) is 11.6. The minimum atomic E-state index is -2.57.